The first-order chi connectivity index (χ1) is 8.14. The monoisotopic (exact) mass is 260 g/mol. The minimum atomic E-state index is -4.43. The van der Waals surface area contributed by atoms with Gasteiger partial charge < -0.3 is 5.11 Å². The predicted molar refractivity (Wildman–Crippen MR) is 61.4 cm³/mol. The van der Waals surface area contributed by atoms with Gasteiger partial charge in [-0.1, -0.05) is 19.9 Å². The minimum Gasteiger partial charge on any atom is -0.385 e. The third-order valence-corrected chi connectivity index (χ3v) is 2.72. The summed E-state index contributed by atoms with van der Waals surface area (Å²) < 4.78 is 37.4. The highest BCUT2D eigenvalue weighted by Crippen LogP contribution is 2.30. The number of carbonyl (C=O) groups excluding carboxylic acids is 1. The number of hydrogen-bond acceptors (Lipinski definition) is 2. The summed E-state index contributed by atoms with van der Waals surface area (Å²) >= 11 is 0. The number of aliphatic hydroxyl groups excluding tert-OH is 1. The standard InChI is InChI=1S/C13H15F3O2/c1-7(2)11(17)12(18)10-5-4-9(6-8(10)3)13(14,15)16/h4-7,11,17H,1-3H3. The van der Waals surface area contributed by atoms with Crippen LogP contribution in [0.15, 0.2) is 18.2 Å². The minimum absolute atomic E-state index is 0.129. The topological polar surface area (TPSA) is 37.3 Å². The van der Waals surface area contributed by atoms with Crippen LogP contribution in [0.3, 0.4) is 0 Å². The molecule has 1 unspecified atom stereocenters. The van der Waals surface area contributed by atoms with Crippen molar-refractivity contribution in [2.45, 2.75) is 33.1 Å². The molecule has 18 heavy (non-hydrogen) atoms. The van der Waals surface area contributed by atoms with Gasteiger partial charge in [0.15, 0.2) is 5.78 Å². The third kappa shape index (κ3) is 3.10. The lowest BCUT2D eigenvalue weighted by atomic mass is 9.94. The van der Waals surface area contributed by atoms with E-state index in [9.17, 15) is 23.1 Å². The molecule has 0 saturated heterocycles. The van der Waals surface area contributed by atoms with E-state index in [-0.39, 0.29) is 17.0 Å². The van der Waals surface area contributed by atoms with Crippen molar-refractivity contribution in [3.63, 3.8) is 0 Å². The highest BCUT2D eigenvalue weighted by molar-refractivity contribution is 6.00. The van der Waals surface area contributed by atoms with Gasteiger partial charge in [0.2, 0.25) is 0 Å². The van der Waals surface area contributed by atoms with Crippen molar-refractivity contribution in [3.05, 3.63) is 34.9 Å². The van der Waals surface area contributed by atoms with E-state index in [0.29, 0.717) is 0 Å². The quantitative estimate of drug-likeness (QED) is 0.847. The van der Waals surface area contributed by atoms with Crippen LogP contribution in [-0.2, 0) is 6.18 Å². The van der Waals surface area contributed by atoms with Gasteiger partial charge in [-0.3, -0.25) is 4.79 Å². The van der Waals surface area contributed by atoms with E-state index in [4.69, 9.17) is 0 Å². The van der Waals surface area contributed by atoms with Crippen LogP contribution in [0.4, 0.5) is 13.2 Å². The molecule has 0 aliphatic heterocycles. The second kappa shape index (κ2) is 5.10. The number of alkyl halides is 3. The largest absolute Gasteiger partial charge is 0.416 e. The van der Waals surface area contributed by atoms with Crippen molar-refractivity contribution >= 4 is 5.78 Å². The Labute approximate surface area is 103 Å². The molecule has 0 radical (unpaired) electrons. The summed E-state index contributed by atoms with van der Waals surface area (Å²) in [5.41, 5.74) is -0.450. The number of aryl methyl sites for hydroxylation is 1. The fourth-order valence-corrected chi connectivity index (χ4v) is 1.58. The molecule has 0 spiro atoms. The summed E-state index contributed by atoms with van der Waals surface area (Å²) in [7, 11) is 0. The first-order valence-electron chi connectivity index (χ1n) is 5.54. The molecule has 1 rings (SSSR count). The summed E-state index contributed by atoms with van der Waals surface area (Å²) in [4.78, 5) is 11.8. The van der Waals surface area contributed by atoms with E-state index in [2.05, 4.69) is 0 Å². The second-order valence-corrected chi connectivity index (χ2v) is 4.58. The molecular formula is C13H15F3O2. The molecule has 5 heteroatoms. The molecule has 0 amide bonds. The van der Waals surface area contributed by atoms with Crippen LogP contribution in [-0.4, -0.2) is 17.0 Å². The number of benzene rings is 1. The van der Waals surface area contributed by atoms with E-state index >= 15 is 0 Å². The van der Waals surface area contributed by atoms with Gasteiger partial charge in [-0.05, 0) is 30.5 Å². The van der Waals surface area contributed by atoms with E-state index in [1.54, 1.807) is 13.8 Å². The lowest BCUT2D eigenvalue weighted by Crippen LogP contribution is -2.26. The van der Waals surface area contributed by atoms with E-state index < -0.39 is 23.6 Å². The summed E-state index contributed by atoms with van der Waals surface area (Å²) in [5, 5.41) is 9.63. The second-order valence-electron chi connectivity index (χ2n) is 4.58. The van der Waals surface area contributed by atoms with Gasteiger partial charge >= 0.3 is 6.18 Å². The van der Waals surface area contributed by atoms with Crippen LogP contribution < -0.4 is 0 Å². The molecule has 0 heterocycles. The van der Waals surface area contributed by atoms with Gasteiger partial charge in [0, 0.05) is 5.56 Å². The average molecular weight is 260 g/mol. The van der Waals surface area contributed by atoms with E-state index in [0.717, 1.165) is 18.2 Å². The molecule has 2 nitrogen and oxygen atoms in total. The summed E-state index contributed by atoms with van der Waals surface area (Å²) in [6.45, 7) is 4.76. The maximum atomic E-state index is 12.5. The van der Waals surface area contributed by atoms with E-state index in [1.807, 2.05) is 0 Å². The van der Waals surface area contributed by atoms with Crippen LogP contribution in [0.2, 0.25) is 0 Å². The molecule has 0 aromatic heterocycles. The first kappa shape index (κ1) is 14.7. The SMILES string of the molecule is Cc1cc(C(F)(F)F)ccc1C(=O)C(O)C(C)C. The summed E-state index contributed by atoms with van der Waals surface area (Å²) in [6.07, 6.45) is -5.62. The van der Waals surface area contributed by atoms with Crippen LogP contribution >= 0.6 is 0 Å². The number of carbonyl (C=O) groups is 1. The highest BCUT2D eigenvalue weighted by atomic mass is 19.4. The van der Waals surface area contributed by atoms with Crippen molar-refractivity contribution in [2.24, 2.45) is 5.92 Å². The fourth-order valence-electron chi connectivity index (χ4n) is 1.58. The number of ketones is 1. The van der Waals surface area contributed by atoms with Crippen LogP contribution in [0.5, 0.6) is 0 Å². The highest BCUT2D eigenvalue weighted by Gasteiger charge is 2.31. The molecule has 0 saturated carbocycles. The number of aliphatic hydroxyl groups is 1. The number of hydrogen-bond donors (Lipinski definition) is 1. The van der Waals surface area contributed by atoms with Crippen molar-refractivity contribution < 1.29 is 23.1 Å². The predicted octanol–water partition coefficient (Wildman–Crippen LogP) is 3.21. The fraction of sp³-hybridized carbons (Fsp3) is 0.462. The molecular weight excluding hydrogens is 245 g/mol. The van der Waals surface area contributed by atoms with Gasteiger partial charge in [-0.25, -0.2) is 0 Å². The smallest absolute Gasteiger partial charge is 0.385 e. The van der Waals surface area contributed by atoms with Crippen molar-refractivity contribution in [1.82, 2.24) is 0 Å². The van der Waals surface area contributed by atoms with Gasteiger partial charge in [0.05, 0.1) is 5.56 Å². The molecule has 0 fully saturated rings. The zero-order valence-corrected chi connectivity index (χ0v) is 10.4. The Morgan fingerprint density at radius 2 is 1.83 bits per heavy atom. The van der Waals surface area contributed by atoms with Crippen molar-refractivity contribution in [3.8, 4) is 0 Å². The normalized spacial score (nSPS) is 13.8. The molecule has 1 N–H and O–H groups in total. The number of halogens is 3. The van der Waals surface area contributed by atoms with Crippen LogP contribution in [0.25, 0.3) is 0 Å². The van der Waals surface area contributed by atoms with Gasteiger partial charge in [0.25, 0.3) is 0 Å². The Balaban J connectivity index is 3.11. The Kier molecular flexibility index (Phi) is 4.16. The van der Waals surface area contributed by atoms with Crippen LogP contribution in [0, 0.1) is 12.8 Å². The Bertz CT molecular complexity index is 450. The zero-order chi connectivity index (χ0) is 14.1. The number of rotatable bonds is 3. The number of Topliss-reactive ketones (excluding diaryl/α,β-unsaturated/α-hetero) is 1. The third-order valence-electron chi connectivity index (χ3n) is 2.72. The Hall–Kier alpha value is -1.36. The zero-order valence-electron chi connectivity index (χ0n) is 10.4. The molecule has 1 atom stereocenters. The lowest BCUT2D eigenvalue weighted by Gasteiger charge is -2.15. The maximum Gasteiger partial charge on any atom is 0.416 e. The van der Waals surface area contributed by atoms with Crippen LogP contribution in [0.1, 0.15) is 35.3 Å². The summed E-state index contributed by atoms with van der Waals surface area (Å²) in [5.74, 6) is -0.824. The first-order valence-corrected chi connectivity index (χ1v) is 5.54. The lowest BCUT2D eigenvalue weighted by molar-refractivity contribution is -0.137. The average Bonchev–Trinajstić information content (AvgIpc) is 2.25. The van der Waals surface area contributed by atoms with Gasteiger partial charge in [-0.15, -0.1) is 0 Å². The van der Waals surface area contributed by atoms with Gasteiger partial charge in [0.1, 0.15) is 6.10 Å². The molecule has 0 aliphatic rings. The molecule has 1 aromatic carbocycles. The van der Waals surface area contributed by atoms with Crippen molar-refractivity contribution in [2.75, 3.05) is 0 Å². The Morgan fingerprint density at radius 1 is 1.28 bits per heavy atom. The van der Waals surface area contributed by atoms with E-state index in [1.165, 1.54) is 6.92 Å². The molecule has 1 aromatic rings. The maximum absolute atomic E-state index is 12.5. The van der Waals surface area contributed by atoms with Crippen molar-refractivity contribution in [1.29, 1.82) is 0 Å². The Morgan fingerprint density at radius 3 is 2.22 bits per heavy atom. The molecule has 0 bridgehead atoms. The van der Waals surface area contributed by atoms with Gasteiger partial charge in [-0.2, -0.15) is 13.2 Å². The molecule has 100 valence electrons. The molecule has 0 aliphatic carbocycles. The summed E-state index contributed by atoms with van der Waals surface area (Å²) in [6, 6.07) is 2.89.